The Balaban J connectivity index is 1.62. The van der Waals surface area contributed by atoms with Crippen molar-refractivity contribution in [2.75, 3.05) is 45.3 Å². The summed E-state index contributed by atoms with van der Waals surface area (Å²) in [4.78, 5) is 20.8. The summed E-state index contributed by atoms with van der Waals surface area (Å²) in [6, 6.07) is 11.4. The van der Waals surface area contributed by atoms with Gasteiger partial charge in [-0.15, -0.1) is 0 Å². The average Bonchev–Trinajstić information content (AvgIpc) is 2.67. The Kier molecular flexibility index (Phi) is 4.84. The molecule has 24 heavy (non-hydrogen) atoms. The number of aromatic nitrogens is 1. The molecule has 1 aromatic heterocycles. The predicted octanol–water partition coefficient (Wildman–Crippen LogP) is 2.06. The van der Waals surface area contributed by atoms with Crippen LogP contribution < -0.4 is 14.4 Å². The normalized spacial score (nSPS) is 14.4. The van der Waals surface area contributed by atoms with Gasteiger partial charge in [-0.05, 0) is 30.3 Å². The molecule has 1 aromatic carbocycles. The number of benzene rings is 1. The van der Waals surface area contributed by atoms with Crippen molar-refractivity contribution in [2.24, 2.45) is 0 Å². The highest BCUT2D eigenvalue weighted by atomic mass is 16.5. The van der Waals surface area contributed by atoms with Crippen LogP contribution >= 0.6 is 0 Å². The Hall–Kier alpha value is -2.76. The van der Waals surface area contributed by atoms with Crippen molar-refractivity contribution in [2.45, 2.75) is 0 Å². The highest BCUT2D eigenvalue weighted by Gasteiger charge is 2.22. The second-order valence-electron chi connectivity index (χ2n) is 5.56. The molecule has 0 bridgehead atoms. The van der Waals surface area contributed by atoms with Crippen molar-refractivity contribution in [3.8, 4) is 11.6 Å². The summed E-state index contributed by atoms with van der Waals surface area (Å²) < 4.78 is 10.3. The summed E-state index contributed by atoms with van der Waals surface area (Å²) >= 11 is 0. The second kappa shape index (κ2) is 7.21. The van der Waals surface area contributed by atoms with Gasteiger partial charge in [0.15, 0.2) is 0 Å². The van der Waals surface area contributed by atoms with E-state index in [9.17, 15) is 4.79 Å². The molecule has 1 aliphatic rings. The Morgan fingerprint density at radius 1 is 1.00 bits per heavy atom. The molecule has 3 rings (SSSR count). The van der Waals surface area contributed by atoms with Crippen LogP contribution in [0.15, 0.2) is 42.6 Å². The van der Waals surface area contributed by atoms with Gasteiger partial charge in [-0.1, -0.05) is 0 Å². The van der Waals surface area contributed by atoms with Gasteiger partial charge in [0.2, 0.25) is 5.88 Å². The van der Waals surface area contributed by atoms with Crippen LogP contribution in [0.3, 0.4) is 0 Å². The number of hydrogen-bond donors (Lipinski definition) is 0. The summed E-state index contributed by atoms with van der Waals surface area (Å²) in [5.74, 6) is 1.32. The van der Waals surface area contributed by atoms with Crippen LogP contribution in [0, 0.1) is 0 Å². The minimum atomic E-state index is 0.0186. The van der Waals surface area contributed by atoms with E-state index in [2.05, 4.69) is 9.88 Å². The van der Waals surface area contributed by atoms with E-state index in [1.54, 1.807) is 32.5 Å². The third-order valence-electron chi connectivity index (χ3n) is 4.20. The average molecular weight is 327 g/mol. The number of methoxy groups -OCH3 is 2. The maximum Gasteiger partial charge on any atom is 0.254 e. The van der Waals surface area contributed by atoms with E-state index in [0.29, 0.717) is 24.5 Å². The molecule has 0 aliphatic carbocycles. The zero-order chi connectivity index (χ0) is 16.9. The lowest BCUT2D eigenvalue weighted by atomic mass is 10.2. The maximum atomic E-state index is 12.6. The maximum absolute atomic E-state index is 12.6. The summed E-state index contributed by atoms with van der Waals surface area (Å²) in [6.45, 7) is 2.99. The lowest BCUT2D eigenvalue weighted by Gasteiger charge is -2.36. The van der Waals surface area contributed by atoms with E-state index in [1.807, 2.05) is 29.2 Å². The molecule has 2 heterocycles. The van der Waals surface area contributed by atoms with Crippen LogP contribution in [0.2, 0.25) is 0 Å². The van der Waals surface area contributed by atoms with E-state index in [0.717, 1.165) is 24.5 Å². The van der Waals surface area contributed by atoms with Crippen LogP contribution in [-0.4, -0.2) is 56.2 Å². The molecule has 2 aromatic rings. The van der Waals surface area contributed by atoms with Crippen molar-refractivity contribution in [3.63, 3.8) is 0 Å². The van der Waals surface area contributed by atoms with E-state index in [-0.39, 0.29) is 5.91 Å². The Bertz CT molecular complexity index is 695. The summed E-state index contributed by atoms with van der Waals surface area (Å²) in [5, 5.41) is 0. The minimum absolute atomic E-state index is 0.0186. The van der Waals surface area contributed by atoms with Crippen LogP contribution in [0.4, 0.5) is 5.69 Å². The SMILES string of the molecule is COc1ccc(N2CCN(C(=O)c3ccnc(OC)c3)CC2)cc1. The van der Waals surface area contributed by atoms with Crippen LogP contribution in [0.5, 0.6) is 11.6 Å². The van der Waals surface area contributed by atoms with Crippen LogP contribution in [0.1, 0.15) is 10.4 Å². The Morgan fingerprint density at radius 2 is 1.71 bits per heavy atom. The lowest BCUT2D eigenvalue weighted by Crippen LogP contribution is -2.48. The first-order chi connectivity index (χ1) is 11.7. The van der Waals surface area contributed by atoms with Gasteiger partial charge in [0, 0.05) is 49.7 Å². The van der Waals surface area contributed by atoms with Crippen molar-refractivity contribution >= 4 is 11.6 Å². The molecule has 0 unspecified atom stereocenters. The third kappa shape index (κ3) is 3.42. The molecule has 0 spiro atoms. The molecule has 6 heteroatoms. The zero-order valence-electron chi connectivity index (χ0n) is 13.9. The minimum Gasteiger partial charge on any atom is -0.497 e. The van der Waals surface area contributed by atoms with Crippen molar-refractivity contribution in [1.29, 1.82) is 0 Å². The number of hydrogen-bond acceptors (Lipinski definition) is 5. The molecule has 0 saturated carbocycles. The fourth-order valence-electron chi connectivity index (χ4n) is 2.80. The number of rotatable bonds is 4. The fraction of sp³-hybridized carbons (Fsp3) is 0.333. The van der Waals surface area contributed by atoms with Gasteiger partial charge >= 0.3 is 0 Å². The van der Waals surface area contributed by atoms with Gasteiger partial charge < -0.3 is 19.3 Å². The number of nitrogens with zero attached hydrogens (tertiary/aromatic N) is 3. The first-order valence-electron chi connectivity index (χ1n) is 7.89. The fourth-order valence-corrected chi connectivity index (χ4v) is 2.80. The highest BCUT2D eigenvalue weighted by molar-refractivity contribution is 5.94. The van der Waals surface area contributed by atoms with E-state index in [4.69, 9.17) is 9.47 Å². The number of anilines is 1. The summed E-state index contributed by atoms with van der Waals surface area (Å²) in [5.41, 5.74) is 1.76. The number of amides is 1. The zero-order valence-corrected chi connectivity index (χ0v) is 13.9. The molecule has 1 aliphatic heterocycles. The predicted molar refractivity (Wildman–Crippen MR) is 91.9 cm³/mol. The smallest absolute Gasteiger partial charge is 0.254 e. The highest BCUT2D eigenvalue weighted by Crippen LogP contribution is 2.21. The van der Waals surface area contributed by atoms with Gasteiger partial charge in [0.05, 0.1) is 14.2 Å². The number of carbonyl (C=O) groups is 1. The number of carbonyl (C=O) groups excluding carboxylic acids is 1. The Labute approximate surface area is 141 Å². The monoisotopic (exact) mass is 327 g/mol. The van der Waals surface area contributed by atoms with Gasteiger partial charge in [-0.25, -0.2) is 4.98 Å². The van der Waals surface area contributed by atoms with E-state index in [1.165, 1.54) is 0 Å². The quantitative estimate of drug-likeness (QED) is 0.860. The van der Waals surface area contributed by atoms with Crippen LogP contribution in [-0.2, 0) is 0 Å². The first kappa shape index (κ1) is 16.1. The van der Waals surface area contributed by atoms with Crippen molar-refractivity contribution < 1.29 is 14.3 Å². The lowest BCUT2D eigenvalue weighted by molar-refractivity contribution is 0.0746. The molecule has 1 fully saturated rings. The first-order valence-corrected chi connectivity index (χ1v) is 7.89. The van der Waals surface area contributed by atoms with Crippen molar-refractivity contribution in [3.05, 3.63) is 48.2 Å². The molecule has 126 valence electrons. The summed E-state index contributed by atoms with van der Waals surface area (Å²) in [6.07, 6.45) is 1.60. The second-order valence-corrected chi connectivity index (χ2v) is 5.56. The number of pyridine rings is 1. The van der Waals surface area contributed by atoms with Crippen LogP contribution in [0.25, 0.3) is 0 Å². The van der Waals surface area contributed by atoms with Gasteiger partial charge in [-0.3, -0.25) is 4.79 Å². The van der Waals surface area contributed by atoms with Gasteiger partial charge in [0.25, 0.3) is 5.91 Å². The molecular formula is C18H21N3O3. The molecule has 0 N–H and O–H groups in total. The molecule has 6 nitrogen and oxygen atoms in total. The van der Waals surface area contributed by atoms with E-state index < -0.39 is 0 Å². The topological polar surface area (TPSA) is 54.9 Å². The molecule has 1 saturated heterocycles. The standard InChI is InChI=1S/C18H21N3O3/c1-23-16-5-3-15(4-6-16)20-9-11-21(12-10-20)18(22)14-7-8-19-17(13-14)24-2/h3-8,13H,9-12H2,1-2H3. The van der Waals surface area contributed by atoms with Gasteiger partial charge in [-0.2, -0.15) is 0 Å². The molecule has 0 radical (unpaired) electrons. The number of piperazine rings is 1. The molecular weight excluding hydrogens is 306 g/mol. The molecule has 0 atom stereocenters. The third-order valence-corrected chi connectivity index (χ3v) is 4.20. The number of ether oxygens (including phenoxy) is 2. The molecule has 1 amide bonds. The van der Waals surface area contributed by atoms with E-state index >= 15 is 0 Å². The Morgan fingerprint density at radius 3 is 2.33 bits per heavy atom. The largest absolute Gasteiger partial charge is 0.497 e. The summed E-state index contributed by atoms with van der Waals surface area (Å²) in [7, 11) is 3.21. The van der Waals surface area contributed by atoms with Crippen molar-refractivity contribution in [1.82, 2.24) is 9.88 Å². The van der Waals surface area contributed by atoms with Gasteiger partial charge in [0.1, 0.15) is 5.75 Å².